The highest BCUT2D eigenvalue weighted by Crippen LogP contribution is 2.45. The summed E-state index contributed by atoms with van der Waals surface area (Å²) < 4.78 is 9.87. The van der Waals surface area contributed by atoms with E-state index in [4.69, 9.17) is 9.47 Å². The number of ketones is 2. The third-order valence-electron chi connectivity index (χ3n) is 5.03. The molecule has 0 aliphatic heterocycles. The average molecular weight is 444 g/mol. The number of fused-ring (bicyclic) bond motifs is 2. The molecule has 168 valence electrons. The zero-order chi connectivity index (χ0) is 23.7. The SMILES string of the molecule is CC(=O)OCCC(COC(C)=O)c1c(O)cc2c(c1O)C(=O)c1c(O)cc(O)cc1C2=O. The van der Waals surface area contributed by atoms with E-state index in [0.717, 1.165) is 25.1 Å². The number of rotatable bonds is 6. The summed E-state index contributed by atoms with van der Waals surface area (Å²) >= 11 is 0. The van der Waals surface area contributed by atoms with Gasteiger partial charge in [0.2, 0.25) is 5.78 Å². The second-order valence-electron chi connectivity index (χ2n) is 7.25. The fraction of sp³-hybridized carbons (Fsp3) is 0.273. The van der Waals surface area contributed by atoms with Gasteiger partial charge >= 0.3 is 11.9 Å². The van der Waals surface area contributed by atoms with E-state index in [1.165, 1.54) is 6.92 Å². The monoisotopic (exact) mass is 444 g/mol. The molecule has 0 aromatic heterocycles. The van der Waals surface area contributed by atoms with E-state index in [0.29, 0.717) is 0 Å². The van der Waals surface area contributed by atoms with Gasteiger partial charge in [0.1, 0.15) is 23.0 Å². The Balaban J connectivity index is 2.13. The van der Waals surface area contributed by atoms with Crippen LogP contribution in [0.1, 0.15) is 63.6 Å². The smallest absolute Gasteiger partial charge is 0.302 e. The molecule has 10 heteroatoms. The predicted molar refractivity (Wildman–Crippen MR) is 107 cm³/mol. The van der Waals surface area contributed by atoms with Crippen molar-refractivity contribution in [2.24, 2.45) is 0 Å². The molecule has 2 aromatic rings. The fourth-order valence-corrected chi connectivity index (χ4v) is 3.66. The second-order valence-corrected chi connectivity index (χ2v) is 7.25. The molecule has 0 fully saturated rings. The lowest BCUT2D eigenvalue weighted by Crippen LogP contribution is -2.23. The van der Waals surface area contributed by atoms with Crippen molar-refractivity contribution in [1.82, 2.24) is 0 Å². The third kappa shape index (κ3) is 4.07. The molecule has 0 saturated heterocycles. The van der Waals surface area contributed by atoms with Gasteiger partial charge < -0.3 is 29.9 Å². The maximum absolute atomic E-state index is 13.1. The number of esters is 2. The number of hydrogen-bond donors (Lipinski definition) is 4. The van der Waals surface area contributed by atoms with Crippen LogP contribution >= 0.6 is 0 Å². The van der Waals surface area contributed by atoms with Gasteiger partial charge in [0, 0.05) is 42.5 Å². The summed E-state index contributed by atoms with van der Waals surface area (Å²) in [5.74, 6) is -6.14. The van der Waals surface area contributed by atoms with Crippen LogP contribution in [0.15, 0.2) is 18.2 Å². The minimum atomic E-state index is -0.892. The van der Waals surface area contributed by atoms with Gasteiger partial charge in [0.15, 0.2) is 5.78 Å². The first-order valence-corrected chi connectivity index (χ1v) is 9.53. The molecule has 1 unspecified atom stereocenters. The van der Waals surface area contributed by atoms with Crippen LogP contribution < -0.4 is 0 Å². The Labute approximate surface area is 181 Å². The molecule has 0 amide bonds. The van der Waals surface area contributed by atoms with Gasteiger partial charge in [-0.05, 0) is 18.6 Å². The van der Waals surface area contributed by atoms with Gasteiger partial charge in [-0.1, -0.05) is 0 Å². The Kier molecular flexibility index (Phi) is 6.06. The summed E-state index contributed by atoms with van der Waals surface area (Å²) in [6.45, 7) is 1.91. The lowest BCUT2D eigenvalue weighted by atomic mass is 9.80. The van der Waals surface area contributed by atoms with Gasteiger partial charge in [0.05, 0.1) is 24.3 Å². The molecular formula is C22H20O10. The van der Waals surface area contributed by atoms with Crippen LogP contribution in [0.25, 0.3) is 0 Å². The Morgan fingerprint density at radius 3 is 2.09 bits per heavy atom. The first-order chi connectivity index (χ1) is 15.0. The van der Waals surface area contributed by atoms with Crippen molar-refractivity contribution in [1.29, 1.82) is 0 Å². The maximum Gasteiger partial charge on any atom is 0.302 e. The highest BCUT2D eigenvalue weighted by molar-refractivity contribution is 6.30. The van der Waals surface area contributed by atoms with Crippen molar-refractivity contribution in [3.63, 3.8) is 0 Å². The number of phenolic OH excluding ortho intramolecular Hbond substituents is 4. The Morgan fingerprint density at radius 1 is 0.844 bits per heavy atom. The number of ether oxygens (including phenoxy) is 2. The third-order valence-corrected chi connectivity index (χ3v) is 5.03. The molecule has 0 spiro atoms. The van der Waals surface area contributed by atoms with Crippen LogP contribution in [-0.2, 0) is 19.1 Å². The van der Waals surface area contributed by atoms with Crippen molar-refractivity contribution in [3.8, 4) is 23.0 Å². The number of carbonyl (C=O) groups is 4. The van der Waals surface area contributed by atoms with Gasteiger partial charge in [0.25, 0.3) is 0 Å². The Morgan fingerprint density at radius 2 is 1.47 bits per heavy atom. The van der Waals surface area contributed by atoms with E-state index >= 15 is 0 Å². The van der Waals surface area contributed by atoms with Gasteiger partial charge in [-0.15, -0.1) is 0 Å². The van der Waals surface area contributed by atoms with Crippen molar-refractivity contribution >= 4 is 23.5 Å². The van der Waals surface area contributed by atoms with E-state index in [-0.39, 0.29) is 36.3 Å². The minimum absolute atomic E-state index is 0.0185. The molecule has 32 heavy (non-hydrogen) atoms. The number of aromatic hydroxyl groups is 4. The van der Waals surface area contributed by atoms with E-state index < -0.39 is 63.5 Å². The summed E-state index contributed by atoms with van der Waals surface area (Å²) in [5.41, 5.74) is -1.63. The lowest BCUT2D eigenvalue weighted by Gasteiger charge is -2.25. The summed E-state index contributed by atoms with van der Waals surface area (Å²) in [6, 6.07) is 2.88. The van der Waals surface area contributed by atoms with Gasteiger partial charge in [-0.2, -0.15) is 0 Å². The first-order valence-electron chi connectivity index (χ1n) is 9.53. The molecule has 0 heterocycles. The average Bonchev–Trinajstić information content (AvgIpc) is 2.68. The molecule has 3 rings (SSSR count). The van der Waals surface area contributed by atoms with E-state index in [2.05, 4.69) is 0 Å². The molecular weight excluding hydrogens is 424 g/mol. The topological polar surface area (TPSA) is 168 Å². The van der Waals surface area contributed by atoms with Gasteiger partial charge in [-0.25, -0.2) is 0 Å². The number of benzene rings is 2. The van der Waals surface area contributed by atoms with Gasteiger partial charge in [-0.3, -0.25) is 19.2 Å². The van der Waals surface area contributed by atoms with Crippen LogP contribution in [0.5, 0.6) is 23.0 Å². The molecule has 0 bridgehead atoms. The highest BCUT2D eigenvalue weighted by Gasteiger charge is 2.38. The molecule has 1 aliphatic rings. The summed E-state index contributed by atoms with van der Waals surface area (Å²) in [4.78, 5) is 48.3. The predicted octanol–water partition coefficient (Wildman–Crippen LogP) is 1.88. The standard InChI is InChI=1S/C22H20O10/c1-9(23)31-4-3-11(8-32-10(2)24)17-16(27)7-14-19(21(17)29)22(30)18-13(20(14)28)5-12(25)6-15(18)26/h5-7,11,25-27,29H,3-4,8H2,1-2H3. The number of hydrogen-bond acceptors (Lipinski definition) is 10. The van der Waals surface area contributed by atoms with E-state index in [9.17, 15) is 39.6 Å². The normalized spacial score (nSPS) is 13.2. The van der Waals surface area contributed by atoms with Crippen molar-refractivity contribution in [2.45, 2.75) is 26.2 Å². The molecule has 0 radical (unpaired) electrons. The van der Waals surface area contributed by atoms with E-state index in [1.54, 1.807) is 0 Å². The minimum Gasteiger partial charge on any atom is -0.508 e. The first kappa shape index (κ1) is 22.6. The van der Waals surface area contributed by atoms with Crippen molar-refractivity contribution < 1.29 is 49.1 Å². The van der Waals surface area contributed by atoms with Crippen LogP contribution in [0.4, 0.5) is 0 Å². The zero-order valence-corrected chi connectivity index (χ0v) is 17.2. The summed E-state index contributed by atoms with van der Waals surface area (Å²) in [6.07, 6.45) is 0.0185. The van der Waals surface area contributed by atoms with Crippen LogP contribution in [0.2, 0.25) is 0 Å². The highest BCUT2D eigenvalue weighted by atomic mass is 16.5. The van der Waals surface area contributed by atoms with Crippen LogP contribution in [0.3, 0.4) is 0 Å². The number of phenols is 4. The molecule has 2 aromatic carbocycles. The number of carbonyl (C=O) groups excluding carboxylic acids is 4. The molecule has 1 atom stereocenters. The Bertz CT molecular complexity index is 1150. The Hall–Kier alpha value is -4.08. The molecule has 4 N–H and O–H groups in total. The molecule has 1 aliphatic carbocycles. The zero-order valence-electron chi connectivity index (χ0n) is 17.2. The van der Waals surface area contributed by atoms with Crippen LogP contribution in [0, 0.1) is 0 Å². The fourth-order valence-electron chi connectivity index (χ4n) is 3.66. The molecule has 0 saturated carbocycles. The van der Waals surface area contributed by atoms with Crippen molar-refractivity contribution in [3.05, 3.63) is 46.0 Å². The largest absolute Gasteiger partial charge is 0.508 e. The second kappa shape index (κ2) is 8.58. The summed E-state index contributed by atoms with van der Waals surface area (Å²) in [7, 11) is 0. The maximum atomic E-state index is 13.1. The quantitative estimate of drug-likeness (QED) is 0.412. The summed E-state index contributed by atoms with van der Waals surface area (Å²) in [5, 5.41) is 41.3. The van der Waals surface area contributed by atoms with Crippen LogP contribution in [-0.4, -0.2) is 57.1 Å². The van der Waals surface area contributed by atoms with E-state index in [1.807, 2.05) is 0 Å². The van der Waals surface area contributed by atoms with Crippen molar-refractivity contribution in [2.75, 3.05) is 13.2 Å². The molecule has 10 nitrogen and oxygen atoms in total. The lowest BCUT2D eigenvalue weighted by molar-refractivity contribution is -0.144.